The number of phenols is 1. The number of rotatable bonds is 4. The fourth-order valence-corrected chi connectivity index (χ4v) is 2.60. The van der Waals surface area contributed by atoms with Crippen molar-refractivity contribution >= 4 is 33.7 Å². The fraction of sp³-hybridized carbons (Fsp3) is 0.125. The lowest BCUT2D eigenvalue weighted by Crippen LogP contribution is -2.17. The van der Waals surface area contributed by atoms with E-state index in [9.17, 15) is 20.0 Å². The molecule has 0 saturated heterocycles. The number of nitrogens with zero attached hydrogens (tertiary/aromatic N) is 2. The van der Waals surface area contributed by atoms with Gasteiger partial charge >= 0.3 is 0 Å². The standard InChI is InChI=1S/C16H14BrN3O4/c1-9-3-10(2)5-11(4-9)16(22)19-18-8-12-6-13(20(23)24)7-14(17)15(12)21/h3-8,21H,1-2H3,(H,19,22)/b18-8+. The van der Waals surface area contributed by atoms with Crippen LogP contribution < -0.4 is 5.43 Å². The first-order valence-corrected chi connectivity index (χ1v) is 7.66. The molecule has 24 heavy (non-hydrogen) atoms. The van der Waals surface area contributed by atoms with E-state index in [4.69, 9.17) is 0 Å². The van der Waals surface area contributed by atoms with Crippen molar-refractivity contribution in [3.05, 3.63) is 67.2 Å². The van der Waals surface area contributed by atoms with Crippen molar-refractivity contribution in [3.63, 3.8) is 0 Å². The van der Waals surface area contributed by atoms with Crippen LogP contribution in [0.2, 0.25) is 0 Å². The summed E-state index contributed by atoms with van der Waals surface area (Å²) >= 11 is 3.04. The SMILES string of the molecule is Cc1cc(C)cc(C(=O)N/N=C/c2cc([N+](=O)[O-])cc(Br)c2O)c1. The summed E-state index contributed by atoms with van der Waals surface area (Å²) in [6.45, 7) is 3.76. The van der Waals surface area contributed by atoms with E-state index in [0.29, 0.717) is 5.56 Å². The summed E-state index contributed by atoms with van der Waals surface area (Å²) in [5, 5.41) is 24.5. The lowest BCUT2D eigenvalue weighted by molar-refractivity contribution is -0.385. The third-order valence-electron chi connectivity index (χ3n) is 3.14. The van der Waals surface area contributed by atoms with Crippen molar-refractivity contribution in [2.24, 2.45) is 5.10 Å². The van der Waals surface area contributed by atoms with Gasteiger partial charge in [0, 0.05) is 23.3 Å². The second kappa shape index (κ2) is 7.22. The van der Waals surface area contributed by atoms with Crippen LogP contribution in [0.25, 0.3) is 0 Å². The van der Waals surface area contributed by atoms with E-state index in [1.807, 2.05) is 19.9 Å². The lowest BCUT2D eigenvalue weighted by Gasteiger charge is -2.04. The smallest absolute Gasteiger partial charge is 0.271 e. The minimum Gasteiger partial charge on any atom is -0.506 e. The molecular weight excluding hydrogens is 378 g/mol. The van der Waals surface area contributed by atoms with Crippen molar-refractivity contribution in [2.75, 3.05) is 0 Å². The van der Waals surface area contributed by atoms with E-state index in [0.717, 1.165) is 23.4 Å². The zero-order chi connectivity index (χ0) is 17.9. The normalized spacial score (nSPS) is 10.8. The van der Waals surface area contributed by atoms with Crippen LogP contribution in [0.3, 0.4) is 0 Å². The van der Waals surface area contributed by atoms with E-state index >= 15 is 0 Å². The molecule has 0 heterocycles. The van der Waals surface area contributed by atoms with Crippen LogP contribution >= 0.6 is 15.9 Å². The molecule has 7 nitrogen and oxygen atoms in total. The molecule has 0 spiro atoms. The molecule has 0 aliphatic carbocycles. The molecule has 0 bridgehead atoms. The number of nitro benzene ring substituents is 1. The molecule has 2 aromatic carbocycles. The minimum absolute atomic E-state index is 0.108. The van der Waals surface area contributed by atoms with E-state index in [1.54, 1.807) is 12.1 Å². The second-order valence-electron chi connectivity index (χ2n) is 5.20. The Labute approximate surface area is 146 Å². The van der Waals surface area contributed by atoms with Gasteiger partial charge in [-0.15, -0.1) is 0 Å². The average molecular weight is 392 g/mol. The zero-order valence-electron chi connectivity index (χ0n) is 12.9. The number of hydrogen-bond donors (Lipinski definition) is 2. The second-order valence-corrected chi connectivity index (χ2v) is 6.05. The monoisotopic (exact) mass is 391 g/mol. The van der Waals surface area contributed by atoms with Gasteiger partial charge in [0.1, 0.15) is 5.75 Å². The number of aryl methyl sites for hydroxylation is 2. The number of nitro groups is 1. The predicted octanol–water partition coefficient (Wildman–Crippen LogP) is 3.44. The molecule has 0 radical (unpaired) electrons. The number of hydrogen-bond acceptors (Lipinski definition) is 5. The Morgan fingerprint density at radius 3 is 2.46 bits per heavy atom. The highest BCUT2D eigenvalue weighted by atomic mass is 79.9. The molecule has 1 amide bonds. The summed E-state index contributed by atoms with van der Waals surface area (Å²) in [6, 6.07) is 7.73. The highest BCUT2D eigenvalue weighted by Gasteiger charge is 2.13. The van der Waals surface area contributed by atoms with E-state index in [1.165, 1.54) is 6.07 Å². The maximum atomic E-state index is 12.1. The minimum atomic E-state index is -0.588. The number of non-ortho nitro benzene ring substituents is 1. The summed E-state index contributed by atoms with van der Waals surface area (Å²) in [5.41, 5.74) is 4.58. The average Bonchev–Trinajstić information content (AvgIpc) is 2.49. The highest BCUT2D eigenvalue weighted by molar-refractivity contribution is 9.10. The molecule has 0 saturated carbocycles. The van der Waals surface area contributed by atoms with Crippen molar-refractivity contribution in [1.29, 1.82) is 0 Å². The number of hydrazone groups is 1. The summed E-state index contributed by atoms with van der Waals surface area (Å²) in [7, 11) is 0. The van der Waals surface area contributed by atoms with E-state index < -0.39 is 10.8 Å². The first-order valence-electron chi connectivity index (χ1n) is 6.86. The van der Waals surface area contributed by atoms with Crippen LogP contribution in [0, 0.1) is 24.0 Å². The van der Waals surface area contributed by atoms with Gasteiger partial charge in [0.25, 0.3) is 11.6 Å². The van der Waals surface area contributed by atoms with Gasteiger partial charge in [-0.05, 0) is 41.9 Å². The fourth-order valence-electron chi connectivity index (χ4n) is 2.14. The van der Waals surface area contributed by atoms with Gasteiger partial charge in [-0.2, -0.15) is 5.10 Å². The third kappa shape index (κ3) is 4.17. The van der Waals surface area contributed by atoms with Crippen LogP contribution in [0.5, 0.6) is 5.75 Å². The van der Waals surface area contributed by atoms with Crippen molar-refractivity contribution in [3.8, 4) is 5.75 Å². The number of benzene rings is 2. The van der Waals surface area contributed by atoms with Gasteiger partial charge < -0.3 is 5.11 Å². The van der Waals surface area contributed by atoms with Gasteiger partial charge in [-0.25, -0.2) is 5.43 Å². The molecule has 0 fully saturated rings. The molecule has 0 atom stereocenters. The Bertz CT molecular complexity index is 829. The van der Waals surface area contributed by atoms with Crippen LogP contribution in [0.4, 0.5) is 5.69 Å². The number of amides is 1. The van der Waals surface area contributed by atoms with Crippen molar-refractivity contribution in [2.45, 2.75) is 13.8 Å². The Balaban J connectivity index is 2.19. The molecule has 2 aromatic rings. The van der Waals surface area contributed by atoms with Gasteiger partial charge in [0.2, 0.25) is 0 Å². The summed E-state index contributed by atoms with van der Waals surface area (Å²) in [4.78, 5) is 22.3. The lowest BCUT2D eigenvalue weighted by atomic mass is 10.1. The van der Waals surface area contributed by atoms with Gasteiger partial charge in [-0.3, -0.25) is 14.9 Å². The molecule has 0 aliphatic heterocycles. The molecule has 0 aliphatic rings. The Morgan fingerprint density at radius 2 is 1.88 bits per heavy atom. The maximum absolute atomic E-state index is 12.1. The largest absolute Gasteiger partial charge is 0.506 e. The van der Waals surface area contributed by atoms with Gasteiger partial charge in [0.15, 0.2) is 0 Å². The highest BCUT2D eigenvalue weighted by Crippen LogP contribution is 2.31. The Hall–Kier alpha value is -2.74. The number of aromatic hydroxyl groups is 1. The quantitative estimate of drug-likeness (QED) is 0.472. The van der Waals surface area contributed by atoms with Gasteiger partial charge in [-0.1, -0.05) is 17.2 Å². The number of halogens is 1. The first kappa shape index (κ1) is 17.6. The molecule has 2 N–H and O–H groups in total. The summed E-state index contributed by atoms with van der Waals surface area (Å²) in [6.07, 6.45) is 1.15. The maximum Gasteiger partial charge on any atom is 0.271 e. The van der Waals surface area contributed by atoms with E-state index in [2.05, 4.69) is 26.5 Å². The molecule has 0 aromatic heterocycles. The first-order chi connectivity index (χ1) is 11.3. The third-order valence-corrected chi connectivity index (χ3v) is 3.75. The van der Waals surface area contributed by atoms with Crippen LogP contribution in [0.1, 0.15) is 27.0 Å². The molecule has 8 heteroatoms. The van der Waals surface area contributed by atoms with Crippen LogP contribution in [0.15, 0.2) is 39.9 Å². The van der Waals surface area contributed by atoms with Gasteiger partial charge in [0.05, 0.1) is 15.6 Å². The Morgan fingerprint density at radius 1 is 1.25 bits per heavy atom. The molecule has 2 rings (SSSR count). The van der Waals surface area contributed by atoms with Crippen molar-refractivity contribution in [1.82, 2.24) is 5.43 Å². The number of carbonyl (C=O) groups is 1. The predicted molar refractivity (Wildman–Crippen MR) is 93.4 cm³/mol. The van der Waals surface area contributed by atoms with Crippen molar-refractivity contribution < 1.29 is 14.8 Å². The van der Waals surface area contributed by atoms with E-state index in [-0.39, 0.29) is 21.5 Å². The number of carbonyl (C=O) groups excluding carboxylic acids is 1. The number of nitrogens with one attached hydrogen (secondary N) is 1. The number of phenolic OH excluding ortho intramolecular Hbond substituents is 1. The topological polar surface area (TPSA) is 105 Å². The van der Waals surface area contributed by atoms with Crippen LogP contribution in [-0.2, 0) is 0 Å². The Kier molecular flexibility index (Phi) is 5.30. The van der Waals surface area contributed by atoms with Crippen LogP contribution in [-0.4, -0.2) is 22.2 Å². The molecule has 124 valence electrons. The molecule has 0 unspecified atom stereocenters. The summed E-state index contributed by atoms with van der Waals surface area (Å²) < 4.78 is 0.166. The summed E-state index contributed by atoms with van der Waals surface area (Å²) in [5.74, 6) is -0.618. The zero-order valence-corrected chi connectivity index (χ0v) is 14.5. The molecular formula is C16H14BrN3O4.